The minimum Gasteiger partial charge on any atom is -0.852 e. The van der Waals surface area contributed by atoms with E-state index in [0.29, 0.717) is 0 Å². The van der Waals surface area contributed by atoms with Crippen molar-refractivity contribution < 1.29 is 20.1 Å². The van der Waals surface area contributed by atoms with E-state index in [1.807, 2.05) is 0 Å². The third-order valence-corrected chi connectivity index (χ3v) is 1.98. The van der Waals surface area contributed by atoms with Crippen LogP contribution in [0.2, 0.25) is 0 Å². The number of hydrogen-bond donors (Lipinski definition) is 0. The summed E-state index contributed by atoms with van der Waals surface area (Å²) in [7, 11) is 0. The van der Waals surface area contributed by atoms with Crippen LogP contribution in [0.25, 0.3) is 0 Å². The van der Waals surface area contributed by atoms with Crippen LogP contribution in [0.3, 0.4) is 0 Å². The molecule has 0 radical (unpaired) electrons. The van der Waals surface area contributed by atoms with Crippen molar-refractivity contribution in [3.05, 3.63) is 0 Å². The molecule has 0 aliphatic heterocycles. The van der Waals surface area contributed by atoms with Crippen LogP contribution in [0.1, 0.15) is 86.0 Å². The molecule has 0 aromatic rings. The molecule has 0 N–H and O–H groups in total. The molecule has 0 aliphatic carbocycles. The van der Waals surface area contributed by atoms with Gasteiger partial charge in [0.25, 0.3) is 0 Å². The van der Waals surface area contributed by atoms with E-state index in [0.717, 1.165) is 12.8 Å². The first-order chi connectivity index (χ1) is 9.23. The monoisotopic (exact) mass is 316 g/mol. The van der Waals surface area contributed by atoms with Crippen LogP contribution in [-0.2, 0) is 4.79 Å². The predicted octanol–water partition coefficient (Wildman–Crippen LogP) is 1.01. The van der Waals surface area contributed by atoms with Crippen molar-refractivity contribution in [2.45, 2.75) is 98.2 Å². The summed E-state index contributed by atoms with van der Waals surface area (Å²) in [4.78, 5) is 10.0. The molecule has 0 bridgehead atoms. The van der Waals surface area contributed by atoms with Gasteiger partial charge in [0, 0.05) is 5.97 Å². The molecule has 0 atom stereocenters. The second-order valence-electron chi connectivity index (χ2n) is 5.34. The smallest absolute Gasteiger partial charge is 0.852 e. The second-order valence-corrected chi connectivity index (χ2v) is 5.34. The van der Waals surface area contributed by atoms with Crippen molar-refractivity contribution in [1.29, 1.82) is 0 Å². The third kappa shape index (κ3) is 80.4. The van der Waals surface area contributed by atoms with Crippen LogP contribution in [-0.4, -0.2) is 35.5 Å². The summed E-state index contributed by atoms with van der Waals surface area (Å²) < 4.78 is 0. The molecule has 0 heterocycles. The molecule has 124 valence electrons. The Balaban J connectivity index is -0.000000134. The molecule has 0 spiro atoms. The average Bonchev–Trinajstić information content (AvgIpc) is 2.26. The third-order valence-electron chi connectivity index (χ3n) is 1.98. The SMILES string of the molecule is CC(C)[O-].CC(C)[O-].CCCCCCCCCC(=O)[O-].[Al+3]. The minimum absolute atomic E-state index is 0. The van der Waals surface area contributed by atoms with E-state index in [9.17, 15) is 20.1 Å². The Labute approximate surface area is 142 Å². The maximum Gasteiger partial charge on any atom is 3.00 e. The van der Waals surface area contributed by atoms with Gasteiger partial charge in [-0.2, -0.15) is 0 Å². The van der Waals surface area contributed by atoms with Gasteiger partial charge in [0.05, 0.1) is 0 Å². The van der Waals surface area contributed by atoms with Crippen molar-refractivity contribution >= 4 is 23.3 Å². The largest absolute Gasteiger partial charge is 3.00 e. The van der Waals surface area contributed by atoms with E-state index in [1.54, 1.807) is 27.7 Å². The number of carbonyl (C=O) groups excluding carboxylic acids is 1. The van der Waals surface area contributed by atoms with E-state index in [2.05, 4.69) is 6.92 Å². The number of carboxylic acids is 1. The van der Waals surface area contributed by atoms with Crippen molar-refractivity contribution in [2.75, 3.05) is 0 Å². The van der Waals surface area contributed by atoms with Gasteiger partial charge in [0.1, 0.15) is 0 Å². The van der Waals surface area contributed by atoms with Gasteiger partial charge in [0.15, 0.2) is 0 Å². The molecular weight excluding hydrogens is 283 g/mol. The Hall–Kier alpha value is -0.0775. The van der Waals surface area contributed by atoms with E-state index in [-0.39, 0.29) is 23.8 Å². The molecule has 5 heteroatoms. The molecule has 0 unspecified atom stereocenters. The second kappa shape index (κ2) is 24.9. The maximum absolute atomic E-state index is 10.0. The first-order valence-electron chi connectivity index (χ1n) is 7.75. The Morgan fingerprint density at radius 1 is 0.810 bits per heavy atom. The van der Waals surface area contributed by atoms with Gasteiger partial charge < -0.3 is 20.1 Å². The zero-order valence-corrected chi connectivity index (χ0v) is 15.7. The van der Waals surface area contributed by atoms with Crippen LogP contribution in [0.15, 0.2) is 0 Å². The van der Waals surface area contributed by atoms with Crippen LogP contribution in [0.4, 0.5) is 0 Å². The van der Waals surface area contributed by atoms with E-state index in [4.69, 9.17) is 0 Å². The van der Waals surface area contributed by atoms with Crippen LogP contribution >= 0.6 is 0 Å². The molecule has 0 saturated heterocycles. The molecule has 0 aromatic carbocycles. The van der Waals surface area contributed by atoms with E-state index >= 15 is 0 Å². The number of hydrogen-bond acceptors (Lipinski definition) is 4. The number of aliphatic carboxylic acids is 1. The molecule has 0 aliphatic rings. The molecule has 0 rings (SSSR count). The van der Waals surface area contributed by atoms with Crippen molar-refractivity contribution in [1.82, 2.24) is 0 Å². The number of unbranched alkanes of at least 4 members (excludes halogenated alkanes) is 6. The molecule has 21 heavy (non-hydrogen) atoms. The van der Waals surface area contributed by atoms with Crippen molar-refractivity contribution in [3.63, 3.8) is 0 Å². The zero-order chi connectivity index (χ0) is 16.4. The predicted molar refractivity (Wildman–Crippen MR) is 83.6 cm³/mol. The molecule has 0 saturated carbocycles. The molecule has 0 fully saturated rings. The summed E-state index contributed by atoms with van der Waals surface area (Å²) >= 11 is 0. The number of carbonyl (C=O) groups is 1. The molecule has 0 aromatic heterocycles. The summed E-state index contributed by atoms with van der Waals surface area (Å²) in [6.07, 6.45) is 7.51. The fourth-order valence-electron chi connectivity index (χ4n) is 1.23. The zero-order valence-electron chi connectivity index (χ0n) is 14.5. The Kier molecular flexibility index (Phi) is 34.4. The van der Waals surface area contributed by atoms with E-state index in [1.165, 1.54) is 32.1 Å². The van der Waals surface area contributed by atoms with Crippen molar-refractivity contribution in [2.24, 2.45) is 0 Å². The topological polar surface area (TPSA) is 86.2 Å². The number of carboxylic acid groups (broad SMARTS) is 1. The molecule has 4 nitrogen and oxygen atoms in total. The van der Waals surface area contributed by atoms with Gasteiger partial charge >= 0.3 is 17.4 Å². The van der Waals surface area contributed by atoms with E-state index < -0.39 is 18.2 Å². The Morgan fingerprint density at radius 3 is 1.38 bits per heavy atom. The Bertz CT molecular complexity index is 174. The summed E-state index contributed by atoms with van der Waals surface area (Å²) in [6, 6.07) is 0. The van der Waals surface area contributed by atoms with Gasteiger partial charge in [-0.25, -0.2) is 0 Å². The van der Waals surface area contributed by atoms with Gasteiger partial charge in [0.2, 0.25) is 0 Å². The summed E-state index contributed by atoms with van der Waals surface area (Å²) in [5, 5.41) is 29.1. The number of rotatable bonds is 8. The van der Waals surface area contributed by atoms with Gasteiger partial charge in [-0.05, 0) is 12.8 Å². The van der Waals surface area contributed by atoms with Crippen molar-refractivity contribution in [3.8, 4) is 0 Å². The van der Waals surface area contributed by atoms with Gasteiger partial charge in [-0.3, -0.25) is 0 Å². The Morgan fingerprint density at radius 2 is 1.10 bits per heavy atom. The van der Waals surface area contributed by atoms with Crippen LogP contribution in [0, 0.1) is 0 Å². The fourth-order valence-corrected chi connectivity index (χ4v) is 1.23. The molecule has 0 amide bonds. The summed E-state index contributed by atoms with van der Waals surface area (Å²) in [5.74, 6) is -0.913. The average molecular weight is 316 g/mol. The summed E-state index contributed by atoms with van der Waals surface area (Å²) in [6.45, 7) is 8.64. The standard InChI is InChI=1S/C10H20O2.2C3H7O.Al/c1-2-3-4-5-6-7-8-9-10(11)12;2*1-3(2)4;/h2-9H2,1H3,(H,11,12);2*3H,1-2H3;/q;2*-1;+3/p-1. The first-order valence-corrected chi connectivity index (χ1v) is 7.75. The fraction of sp³-hybridized carbons (Fsp3) is 0.938. The van der Waals surface area contributed by atoms with Gasteiger partial charge in [-0.1, -0.05) is 73.1 Å². The van der Waals surface area contributed by atoms with Gasteiger partial charge in [-0.15, -0.1) is 12.2 Å². The summed E-state index contributed by atoms with van der Waals surface area (Å²) in [5.41, 5.74) is 0. The quantitative estimate of drug-likeness (QED) is 0.494. The normalized spacial score (nSPS) is 9.19. The van der Waals surface area contributed by atoms with Crippen LogP contribution < -0.4 is 15.3 Å². The maximum atomic E-state index is 10.0. The minimum atomic E-state index is -0.913. The van der Waals surface area contributed by atoms with Crippen LogP contribution in [0.5, 0.6) is 0 Å². The first kappa shape index (κ1) is 29.0. The molecular formula is C16H33AlO4.